The maximum atomic E-state index is 12.6. The van der Waals surface area contributed by atoms with E-state index in [4.69, 9.17) is 16.3 Å². The average Bonchev–Trinajstić information content (AvgIpc) is 3.16. The number of halogens is 1. The number of amides is 1. The molecule has 1 atom stereocenters. The Morgan fingerprint density at radius 1 is 1.18 bits per heavy atom. The molecule has 148 valence electrons. The van der Waals surface area contributed by atoms with Crippen molar-refractivity contribution in [3.63, 3.8) is 0 Å². The molecule has 0 radical (unpaired) electrons. The van der Waals surface area contributed by atoms with Crippen molar-refractivity contribution in [2.24, 2.45) is 0 Å². The van der Waals surface area contributed by atoms with Gasteiger partial charge >= 0.3 is 0 Å². The third-order valence-electron chi connectivity index (χ3n) is 5.91. The molecular weight excluding hydrogens is 374 g/mol. The van der Waals surface area contributed by atoms with Crippen molar-refractivity contribution < 1.29 is 19.3 Å². The monoisotopic (exact) mass is 401 g/mol. The summed E-state index contributed by atoms with van der Waals surface area (Å²) in [4.78, 5) is 15.6. The Kier molecular flexibility index (Phi) is 5.85. The highest BCUT2D eigenvalue weighted by molar-refractivity contribution is 6.30. The van der Waals surface area contributed by atoms with Crippen molar-refractivity contribution in [1.29, 1.82) is 0 Å². The molecule has 0 unspecified atom stereocenters. The molecule has 4 rings (SSSR count). The first-order chi connectivity index (χ1) is 13.6. The molecule has 2 aromatic carbocycles. The number of carbonyl (C=O) groups excluding carboxylic acids is 1. The molecule has 0 bridgehead atoms. The van der Waals surface area contributed by atoms with Gasteiger partial charge in [0.25, 0.3) is 5.91 Å². The van der Waals surface area contributed by atoms with Gasteiger partial charge in [-0.2, -0.15) is 0 Å². The molecule has 0 aromatic heterocycles. The Labute approximate surface area is 171 Å². The molecule has 6 heteroatoms. The fraction of sp³-hybridized carbons (Fsp3) is 0.409. The minimum atomic E-state index is -0.0716. The van der Waals surface area contributed by atoms with Crippen molar-refractivity contribution in [1.82, 2.24) is 0 Å². The van der Waals surface area contributed by atoms with E-state index in [1.165, 1.54) is 16.0 Å². The number of anilines is 1. The summed E-state index contributed by atoms with van der Waals surface area (Å²) in [6.45, 7) is 8.05. The Bertz CT molecular complexity index is 849. The highest BCUT2D eigenvalue weighted by Gasteiger charge is 2.31. The third kappa shape index (κ3) is 4.49. The molecule has 28 heavy (non-hydrogen) atoms. The summed E-state index contributed by atoms with van der Waals surface area (Å²) in [5.74, 6) is 1.10. The number of quaternary nitrogens is 2. The van der Waals surface area contributed by atoms with Crippen LogP contribution in [0.1, 0.15) is 18.1 Å². The van der Waals surface area contributed by atoms with Crippen molar-refractivity contribution in [2.75, 3.05) is 38.1 Å². The summed E-state index contributed by atoms with van der Waals surface area (Å²) in [6.07, 6.45) is 1.02. The molecule has 1 fully saturated rings. The lowest BCUT2D eigenvalue weighted by Crippen LogP contribution is -3.29. The van der Waals surface area contributed by atoms with Crippen LogP contribution in [0.3, 0.4) is 0 Å². The van der Waals surface area contributed by atoms with Gasteiger partial charge in [0.1, 0.15) is 38.5 Å². The molecule has 0 aliphatic carbocycles. The Balaban J connectivity index is 1.28. The maximum Gasteiger partial charge on any atom is 0.282 e. The van der Waals surface area contributed by atoms with E-state index in [2.05, 4.69) is 23.5 Å². The van der Waals surface area contributed by atoms with E-state index >= 15 is 0 Å². The highest BCUT2D eigenvalue weighted by Crippen LogP contribution is 2.25. The summed E-state index contributed by atoms with van der Waals surface area (Å²) >= 11 is 6.00. The fourth-order valence-corrected chi connectivity index (χ4v) is 4.37. The number of benzene rings is 2. The second-order valence-corrected chi connectivity index (χ2v) is 8.28. The van der Waals surface area contributed by atoms with Gasteiger partial charge in [-0.1, -0.05) is 17.7 Å². The predicted octanol–water partition coefficient (Wildman–Crippen LogP) is 0.586. The Morgan fingerprint density at radius 3 is 2.79 bits per heavy atom. The summed E-state index contributed by atoms with van der Waals surface area (Å²) in [7, 11) is 0. The second kappa shape index (κ2) is 8.52. The van der Waals surface area contributed by atoms with Gasteiger partial charge in [-0.25, -0.2) is 0 Å². The van der Waals surface area contributed by atoms with Gasteiger partial charge in [-0.3, -0.25) is 4.79 Å². The fourth-order valence-electron chi connectivity index (χ4n) is 4.18. The van der Waals surface area contributed by atoms with Crippen molar-refractivity contribution in [3.8, 4) is 5.75 Å². The van der Waals surface area contributed by atoms with Crippen LogP contribution < -0.4 is 19.9 Å². The normalized spacial score (nSPS) is 22.2. The Morgan fingerprint density at radius 2 is 2.00 bits per heavy atom. The summed E-state index contributed by atoms with van der Waals surface area (Å²) in [6, 6.07) is 13.8. The lowest BCUT2D eigenvalue weighted by atomic mass is 10.1. The van der Waals surface area contributed by atoms with Gasteiger partial charge in [-0.05, 0) is 48.9 Å². The SMILES string of the molecule is C[C@H](C(=O)Nc1cccc(Cl)c1)[NH+]1CC[NH+](Cc2ccc3c(c2)CCO3)CC1. The zero-order valence-corrected chi connectivity index (χ0v) is 17.0. The first-order valence-electron chi connectivity index (χ1n) is 10.1. The molecule has 2 aromatic rings. The summed E-state index contributed by atoms with van der Waals surface area (Å²) < 4.78 is 5.60. The molecular formula is C22H28ClN3O2+2. The van der Waals surface area contributed by atoms with E-state index in [0.29, 0.717) is 5.02 Å². The molecule has 5 nitrogen and oxygen atoms in total. The van der Waals surface area contributed by atoms with E-state index in [-0.39, 0.29) is 11.9 Å². The van der Waals surface area contributed by atoms with Crippen LogP contribution in [-0.2, 0) is 17.8 Å². The number of carbonyl (C=O) groups is 1. The number of fused-ring (bicyclic) bond motifs is 1. The van der Waals surface area contributed by atoms with Gasteiger partial charge in [0, 0.05) is 22.7 Å². The second-order valence-electron chi connectivity index (χ2n) is 7.85. The van der Waals surface area contributed by atoms with Crippen LogP contribution in [0.15, 0.2) is 42.5 Å². The smallest absolute Gasteiger partial charge is 0.282 e. The van der Waals surface area contributed by atoms with E-state index in [1.807, 2.05) is 25.1 Å². The number of piperazine rings is 1. The zero-order chi connectivity index (χ0) is 19.5. The molecule has 3 N–H and O–H groups in total. The van der Waals surface area contributed by atoms with Gasteiger partial charge in [0.15, 0.2) is 6.04 Å². The van der Waals surface area contributed by atoms with E-state index in [0.717, 1.165) is 57.2 Å². The molecule has 1 amide bonds. The largest absolute Gasteiger partial charge is 0.493 e. The van der Waals surface area contributed by atoms with Gasteiger partial charge < -0.3 is 19.9 Å². The zero-order valence-electron chi connectivity index (χ0n) is 16.3. The van der Waals surface area contributed by atoms with E-state index < -0.39 is 0 Å². The van der Waals surface area contributed by atoms with E-state index in [9.17, 15) is 4.79 Å². The third-order valence-corrected chi connectivity index (χ3v) is 6.14. The van der Waals surface area contributed by atoms with Crippen LogP contribution in [-0.4, -0.2) is 44.7 Å². The standard InChI is InChI=1S/C22H26ClN3O2/c1-16(22(27)24-20-4-2-3-19(23)14-20)26-10-8-25(9-11-26)15-17-5-6-21-18(13-17)7-12-28-21/h2-6,13-14,16H,7-12,15H2,1H3,(H,24,27)/p+2/t16-/m1/s1. The number of hydrogen-bond donors (Lipinski definition) is 3. The number of ether oxygens (including phenoxy) is 1. The lowest BCUT2D eigenvalue weighted by molar-refractivity contribution is -1.02. The summed E-state index contributed by atoms with van der Waals surface area (Å²) in [5, 5.41) is 3.62. The van der Waals surface area contributed by atoms with Crippen LogP contribution in [0.25, 0.3) is 0 Å². The highest BCUT2D eigenvalue weighted by atomic mass is 35.5. The average molecular weight is 402 g/mol. The molecule has 2 aliphatic rings. The Hall–Kier alpha value is -2.08. The van der Waals surface area contributed by atoms with Crippen LogP contribution in [0.2, 0.25) is 5.02 Å². The number of nitrogens with one attached hydrogen (secondary N) is 3. The van der Waals surface area contributed by atoms with Crippen LogP contribution in [0.4, 0.5) is 5.69 Å². The van der Waals surface area contributed by atoms with E-state index in [1.54, 1.807) is 11.0 Å². The minimum Gasteiger partial charge on any atom is -0.493 e. The molecule has 1 saturated heterocycles. The first kappa shape index (κ1) is 19.2. The molecule has 2 heterocycles. The summed E-state index contributed by atoms with van der Waals surface area (Å²) in [5.41, 5.74) is 3.48. The van der Waals surface area contributed by atoms with Gasteiger partial charge in [0.05, 0.1) is 6.61 Å². The number of rotatable bonds is 5. The van der Waals surface area contributed by atoms with Gasteiger partial charge in [0.2, 0.25) is 0 Å². The predicted molar refractivity (Wildman–Crippen MR) is 110 cm³/mol. The minimum absolute atomic E-state index is 0.0549. The van der Waals surface area contributed by atoms with Crippen molar-refractivity contribution >= 4 is 23.2 Å². The van der Waals surface area contributed by atoms with Crippen LogP contribution in [0.5, 0.6) is 5.75 Å². The first-order valence-corrected chi connectivity index (χ1v) is 10.5. The quantitative estimate of drug-likeness (QED) is 0.686. The topological polar surface area (TPSA) is 47.2 Å². The van der Waals surface area contributed by atoms with Crippen molar-refractivity contribution in [3.05, 3.63) is 58.6 Å². The maximum absolute atomic E-state index is 12.6. The van der Waals surface area contributed by atoms with Crippen LogP contribution >= 0.6 is 11.6 Å². The van der Waals surface area contributed by atoms with Gasteiger partial charge in [-0.15, -0.1) is 0 Å². The van der Waals surface area contributed by atoms with Crippen LogP contribution in [0, 0.1) is 0 Å². The lowest BCUT2D eigenvalue weighted by Gasteiger charge is -2.32. The molecule has 0 saturated carbocycles. The molecule has 2 aliphatic heterocycles. The molecule has 0 spiro atoms. The number of hydrogen-bond acceptors (Lipinski definition) is 2. The van der Waals surface area contributed by atoms with Crippen molar-refractivity contribution in [2.45, 2.75) is 25.9 Å².